The number of hydrogen-bond acceptors (Lipinski definition) is 6. The number of esters is 2. The second-order valence-corrected chi connectivity index (χ2v) is 8.97. The molecule has 2 atom stereocenters. The Morgan fingerprint density at radius 2 is 0.964 bits per heavy atom. The fourth-order valence-corrected chi connectivity index (χ4v) is 5.46. The Hall–Kier alpha value is -1.14. The monoisotopic (exact) mass is 394 g/mol. The van der Waals surface area contributed by atoms with Gasteiger partial charge in [0.05, 0.1) is 26.1 Å². The van der Waals surface area contributed by atoms with E-state index in [1.54, 1.807) is 0 Å². The van der Waals surface area contributed by atoms with E-state index in [0.29, 0.717) is 24.2 Å². The van der Waals surface area contributed by atoms with Crippen molar-refractivity contribution >= 4 is 11.9 Å². The number of methoxy groups -OCH3 is 2. The summed E-state index contributed by atoms with van der Waals surface area (Å²) >= 11 is 0. The van der Waals surface area contributed by atoms with E-state index in [4.69, 9.17) is 9.47 Å². The molecule has 0 saturated heterocycles. The van der Waals surface area contributed by atoms with Crippen molar-refractivity contribution in [3.63, 3.8) is 0 Å². The van der Waals surface area contributed by atoms with Crippen LogP contribution in [0, 0.1) is 11.8 Å². The van der Waals surface area contributed by atoms with Gasteiger partial charge in [-0.15, -0.1) is 0 Å². The highest BCUT2D eigenvalue weighted by molar-refractivity contribution is 5.72. The Bertz CT molecular complexity index is 465. The Balaban J connectivity index is 1.44. The molecule has 0 aromatic carbocycles. The summed E-state index contributed by atoms with van der Waals surface area (Å²) in [5, 5.41) is 7.84. The van der Waals surface area contributed by atoms with E-state index < -0.39 is 0 Å². The van der Waals surface area contributed by atoms with Gasteiger partial charge < -0.3 is 20.1 Å². The maximum atomic E-state index is 11.7. The van der Waals surface area contributed by atoms with Crippen molar-refractivity contribution in [2.45, 2.75) is 101 Å². The first-order chi connectivity index (χ1) is 13.6. The first-order valence-corrected chi connectivity index (χ1v) is 11.3. The second kappa shape index (κ2) is 10.6. The van der Waals surface area contributed by atoms with Crippen molar-refractivity contribution in [1.29, 1.82) is 0 Å². The smallest absolute Gasteiger partial charge is 0.308 e. The molecule has 0 heterocycles. The van der Waals surface area contributed by atoms with Gasteiger partial charge >= 0.3 is 11.9 Å². The van der Waals surface area contributed by atoms with Crippen LogP contribution in [0.15, 0.2) is 0 Å². The first kappa shape index (κ1) is 21.6. The number of ether oxygens (including phenoxy) is 2. The first-order valence-electron chi connectivity index (χ1n) is 11.3. The van der Waals surface area contributed by atoms with E-state index in [2.05, 4.69) is 10.6 Å². The summed E-state index contributed by atoms with van der Waals surface area (Å²) in [6, 6.07) is 2.07. The van der Waals surface area contributed by atoms with Gasteiger partial charge in [-0.1, -0.05) is 12.8 Å². The lowest BCUT2D eigenvalue weighted by Crippen LogP contribution is -2.56. The summed E-state index contributed by atoms with van der Waals surface area (Å²) in [7, 11) is 2.98. The number of rotatable bonds is 6. The standard InChI is InChI=1S/C22H38N2O4/c1-27-21(25)15-7-11-17(12-8-15)23-19-5-3-4-6-20(19)24-18-13-9-16(10-14-18)22(26)28-2/h15-20,23-24H,3-14H2,1-2H3. The molecule has 0 amide bonds. The minimum atomic E-state index is -0.0433. The molecule has 2 N–H and O–H groups in total. The van der Waals surface area contributed by atoms with E-state index in [-0.39, 0.29) is 23.8 Å². The average Bonchev–Trinajstić information content (AvgIpc) is 2.75. The van der Waals surface area contributed by atoms with Crippen molar-refractivity contribution in [2.75, 3.05) is 14.2 Å². The Kier molecular flexibility index (Phi) is 8.15. The molecule has 3 aliphatic carbocycles. The lowest BCUT2D eigenvalue weighted by atomic mass is 9.82. The van der Waals surface area contributed by atoms with Crippen LogP contribution in [0.25, 0.3) is 0 Å². The minimum absolute atomic E-state index is 0.0433. The average molecular weight is 395 g/mol. The predicted octanol–water partition coefficient (Wildman–Crippen LogP) is 2.94. The van der Waals surface area contributed by atoms with Crippen LogP contribution >= 0.6 is 0 Å². The van der Waals surface area contributed by atoms with Crippen LogP contribution in [0.2, 0.25) is 0 Å². The fourth-order valence-electron chi connectivity index (χ4n) is 5.46. The van der Waals surface area contributed by atoms with Crippen LogP contribution in [0.4, 0.5) is 0 Å². The Labute approximate surface area is 169 Å². The van der Waals surface area contributed by atoms with E-state index in [9.17, 15) is 9.59 Å². The summed E-state index contributed by atoms with van der Waals surface area (Å²) in [6.07, 6.45) is 13.0. The van der Waals surface area contributed by atoms with Crippen LogP contribution in [0.3, 0.4) is 0 Å². The molecule has 3 rings (SSSR count). The zero-order valence-corrected chi connectivity index (χ0v) is 17.6. The fraction of sp³-hybridized carbons (Fsp3) is 0.909. The molecular weight excluding hydrogens is 356 g/mol. The zero-order valence-electron chi connectivity index (χ0n) is 17.6. The van der Waals surface area contributed by atoms with Gasteiger partial charge in [0.25, 0.3) is 0 Å². The number of carbonyl (C=O) groups excluding carboxylic acids is 2. The minimum Gasteiger partial charge on any atom is -0.469 e. The highest BCUT2D eigenvalue weighted by Gasteiger charge is 2.33. The molecular formula is C22H38N2O4. The Morgan fingerprint density at radius 3 is 1.29 bits per heavy atom. The molecule has 2 unspecified atom stereocenters. The molecule has 3 saturated carbocycles. The highest BCUT2D eigenvalue weighted by Crippen LogP contribution is 2.29. The maximum absolute atomic E-state index is 11.7. The van der Waals surface area contributed by atoms with E-state index >= 15 is 0 Å². The third-order valence-corrected chi connectivity index (χ3v) is 7.19. The van der Waals surface area contributed by atoms with Gasteiger partial charge in [0.1, 0.15) is 0 Å². The molecule has 0 radical (unpaired) electrons. The molecule has 0 aromatic rings. The zero-order chi connectivity index (χ0) is 19.9. The SMILES string of the molecule is COC(=O)C1CCC(NC2CCCCC2NC2CCC(C(=O)OC)CC2)CC1. The van der Waals surface area contributed by atoms with E-state index in [0.717, 1.165) is 51.4 Å². The van der Waals surface area contributed by atoms with Crippen LogP contribution in [0.1, 0.15) is 77.0 Å². The van der Waals surface area contributed by atoms with Gasteiger partial charge in [0, 0.05) is 24.2 Å². The molecule has 3 fully saturated rings. The van der Waals surface area contributed by atoms with Crippen molar-refractivity contribution in [2.24, 2.45) is 11.8 Å². The van der Waals surface area contributed by atoms with Gasteiger partial charge in [0.15, 0.2) is 0 Å². The van der Waals surface area contributed by atoms with E-state index in [1.807, 2.05) is 0 Å². The predicted molar refractivity (Wildman–Crippen MR) is 108 cm³/mol. The molecule has 6 nitrogen and oxygen atoms in total. The second-order valence-electron chi connectivity index (χ2n) is 8.97. The summed E-state index contributed by atoms with van der Waals surface area (Å²) in [5.41, 5.74) is 0. The van der Waals surface area contributed by atoms with Gasteiger partial charge in [-0.3, -0.25) is 9.59 Å². The number of nitrogens with one attached hydrogen (secondary N) is 2. The van der Waals surface area contributed by atoms with Crippen molar-refractivity contribution < 1.29 is 19.1 Å². The molecule has 160 valence electrons. The molecule has 0 spiro atoms. The number of hydrogen-bond donors (Lipinski definition) is 2. The van der Waals surface area contributed by atoms with Crippen LogP contribution in [0.5, 0.6) is 0 Å². The Morgan fingerprint density at radius 1 is 0.607 bits per heavy atom. The quantitative estimate of drug-likeness (QED) is 0.675. The third kappa shape index (κ3) is 5.69. The maximum Gasteiger partial charge on any atom is 0.308 e. The molecule has 0 bridgehead atoms. The molecule has 0 aromatic heterocycles. The third-order valence-electron chi connectivity index (χ3n) is 7.19. The number of carbonyl (C=O) groups is 2. The highest BCUT2D eigenvalue weighted by atomic mass is 16.5. The molecule has 3 aliphatic rings. The van der Waals surface area contributed by atoms with Crippen molar-refractivity contribution in [1.82, 2.24) is 10.6 Å². The van der Waals surface area contributed by atoms with Crippen molar-refractivity contribution in [3.8, 4) is 0 Å². The molecule has 0 aliphatic heterocycles. The summed E-state index contributed by atoms with van der Waals surface area (Å²) in [4.78, 5) is 23.5. The topological polar surface area (TPSA) is 76.7 Å². The van der Waals surface area contributed by atoms with E-state index in [1.165, 1.54) is 39.9 Å². The van der Waals surface area contributed by atoms with Crippen molar-refractivity contribution in [3.05, 3.63) is 0 Å². The lowest BCUT2D eigenvalue weighted by Gasteiger charge is -2.40. The van der Waals surface area contributed by atoms with Gasteiger partial charge in [0.2, 0.25) is 0 Å². The lowest BCUT2D eigenvalue weighted by molar-refractivity contribution is -0.147. The van der Waals surface area contributed by atoms with Crippen LogP contribution in [-0.4, -0.2) is 50.3 Å². The van der Waals surface area contributed by atoms with Gasteiger partial charge in [-0.2, -0.15) is 0 Å². The van der Waals surface area contributed by atoms with Gasteiger partial charge in [-0.05, 0) is 64.2 Å². The molecule has 28 heavy (non-hydrogen) atoms. The summed E-state index contributed by atoms with van der Waals surface area (Å²) in [5.74, 6) is 0.0954. The molecule has 6 heteroatoms. The van der Waals surface area contributed by atoms with Gasteiger partial charge in [-0.25, -0.2) is 0 Å². The summed E-state index contributed by atoms with van der Waals surface area (Å²) in [6.45, 7) is 0. The van der Waals surface area contributed by atoms with Crippen LogP contribution < -0.4 is 10.6 Å². The summed E-state index contributed by atoms with van der Waals surface area (Å²) < 4.78 is 9.82. The van der Waals surface area contributed by atoms with Crippen LogP contribution in [-0.2, 0) is 19.1 Å². The normalized spacial score (nSPS) is 36.5. The largest absolute Gasteiger partial charge is 0.469 e.